The molecular weight excluding hydrogens is 572 g/mol. The van der Waals surface area contributed by atoms with Gasteiger partial charge in [0.05, 0.1) is 35.6 Å². The molecule has 0 aliphatic carbocycles. The number of aliphatic hydroxyl groups excluding tert-OH is 1. The minimum atomic E-state index is -4.59. The lowest BCUT2D eigenvalue weighted by molar-refractivity contribution is -0.170. The number of fused-ring (bicyclic) bond motifs is 1. The van der Waals surface area contributed by atoms with Crippen molar-refractivity contribution in [1.29, 1.82) is 0 Å². The Kier molecular flexibility index (Phi) is 8.93. The largest absolute Gasteiger partial charge is 0.417 e. The van der Waals surface area contributed by atoms with Crippen molar-refractivity contribution in [2.75, 3.05) is 45.0 Å². The number of alkyl halides is 6. The van der Waals surface area contributed by atoms with E-state index in [0.29, 0.717) is 43.9 Å². The van der Waals surface area contributed by atoms with Gasteiger partial charge in [0.15, 0.2) is 0 Å². The SMILES string of the molecule is O=C(CSc1cc(-c2nn(CC(O)CN3CC[C@H](C(F)(F)F)C3)c3c2CNCC3)ccc1C(F)(F)F)N1CCCC1. The first-order valence-corrected chi connectivity index (χ1v) is 14.8. The fourth-order valence-corrected chi connectivity index (χ4v) is 6.86. The van der Waals surface area contributed by atoms with E-state index >= 15 is 0 Å². The van der Waals surface area contributed by atoms with Crippen LogP contribution in [0.5, 0.6) is 0 Å². The maximum Gasteiger partial charge on any atom is 0.417 e. The van der Waals surface area contributed by atoms with E-state index in [2.05, 4.69) is 10.4 Å². The number of hydrogen-bond donors (Lipinski definition) is 2. The number of halogens is 6. The highest BCUT2D eigenvalue weighted by molar-refractivity contribution is 8.00. The molecule has 1 aromatic carbocycles. The van der Waals surface area contributed by atoms with Crippen LogP contribution >= 0.6 is 11.8 Å². The second-order valence-electron chi connectivity index (χ2n) is 10.9. The first-order valence-electron chi connectivity index (χ1n) is 13.8. The first-order chi connectivity index (χ1) is 19.4. The zero-order chi connectivity index (χ0) is 29.4. The number of aromatic nitrogens is 2. The molecule has 0 bridgehead atoms. The molecule has 1 aromatic heterocycles. The van der Waals surface area contributed by atoms with Crippen molar-refractivity contribution in [2.24, 2.45) is 5.92 Å². The van der Waals surface area contributed by atoms with Crippen LogP contribution in [0.4, 0.5) is 26.3 Å². The van der Waals surface area contributed by atoms with Gasteiger partial charge in [-0.25, -0.2) is 0 Å². The highest BCUT2D eigenvalue weighted by atomic mass is 32.2. The lowest BCUT2D eigenvalue weighted by atomic mass is 10.0. The summed E-state index contributed by atoms with van der Waals surface area (Å²) in [5.41, 5.74) is 1.79. The zero-order valence-electron chi connectivity index (χ0n) is 22.4. The van der Waals surface area contributed by atoms with Crippen LogP contribution in [-0.4, -0.2) is 87.9 Å². The lowest BCUT2D eigenvalue weighted by Crippen LogP contribution is -2.35. The van der Waals surface area contributed by atoms with Crippen LogP contribution in [-0.2, 0) is 30.5 Å². The highest BCUT2D eigenvalue weighted by Crippen LogP contribution is 2.40. The summed E-state index contributed by atoms with van der Waals surface area (Å²) in [6, 6.07) is 3.80. The quantitative estimate of drug-likeness (QED) is 0.348. The number of nitrogens with one attached hydrogen (secondary N) is 1. The molecule has 226 valence electrons. The van der Waals surface area contributed by atoms with Crippen molar-refractivity contribution in [3.8, 4) is 11.3 Å². The summed E-state index contributed by atoms with van der Waals surface area (Å²) in [6.07, 6.45) is -7.46. The van der Waals surface area contributed by atoms with E-state index in [9.17, 15) is 36.2 Å². The van der Waals surface area contributed by atoms with Crippen molar-refractivity contribution in [2.45, 2.75) is 62.1 Å². The Balaban J connectivity index is 1.36. The third-order valence-electron chi connectivity index (χ3n) is 7.97. The Morgan fingerprint density at radius 2 is 1.88 bits per heavy atom. The van der Waals surface area contributed by atoms with Gasteiger partial charge < -0.3 is 20.2 Å². The van der Waals surface area contributed by atoms with Gasteiger partial charge in [0.1, 0.15) is 0 Å². The van der Waals surface area contributed by atoms with E-state index in [-0.39, 0.29) is 49.2 Å². The molecule has 41 heavy (non-hydrogen) atoms. The topological polar surface area (TPSA) is 73.6 Å². The van der Waals surface area contributed by atoms with E-state index in [1.165, 1.54) is 12.1 Å². The van der Waals surface area contributed by atoms with Gasteiger partial charge in [-0.05, 0) is 37.9 Å². The minimum absolute atomic E-state index is 0.00109. The van der Waals surface area contributed by atoms with Gasteiger partial charge >= 0.3 is 12.4 Å². The van der Waals surface area contributed by atoms with Crippen molar-refractivity contribution < 1.29 is 36.2 Å². The van der Waals surface area contributed by atoms with Crippen molar-refractivity contribution in [3.05, 3.63) is 35.0 Å². The average Bonchev–Trinajstić information content (AvgIpc) is 3.67. The third-order valence-corrected chi connectivity index (χ3v) is 9.01. The molecule has 0 spiro atoms. The zero-order valence-corrected chi connectivity index (χ0v) is 23.2. The van der Waals surface area contributed by atoms with Gasteiger partial charge in [0, 0.05) is 67.4 Å². The van der Waals surface area contributed by atoms with Crippen molar-refractivity contribution in [3.63, 3.8) is 0 Å². The second-order valence-corrected chi connectivity index (χ2v) is 11.9. The maximum absolute atomic E-state index is 13.9. The molecule has 14 heteroatoms. The maximum atomic E-state index is 13.9. The monoisotopic (exact) mass is 605 g/mol. The number of thioether (sulfide) groups is 1. The number of likely N-dealkylation sites (tertiary alicyclic amines) is 2. The molecule has 2 N–H and O–H groups in total. The van der Waals surface area contributed by atoms with Gasteiger partial charge in [0.25, 0.3) is 0 Å². The summed E-state index contributed by atoms with van der Waals surface area (Å²) in [4.78, 5) is 15.8. The van der Waals surface area contributed by atoms with Crippen molar-refractivity contribution >= 4 is 17.7 Å². The molecule has 3 aliphatic rings. The molecule has 4 heterocycles. The Bertz CT molecular complexity index is 1240. The molecule has 1 amide bonds. The Labute approximate surface area is 238 Å². The summed E-state index contributed by atoms with van der Waals surface area (Å²) in [6.45, 7) is 2.56. The van der Waals surface area contributed by atoms with Crippen LogP contribution in [0.15, 0.2) is 23.1 Å². The predicted molar refractivity (Wildman–Crippen MR) is 141 cm³/mol. The van der Waals surface area contributed by atoms with E-state index in [1.54, 1.807) is 14.5 Å². The van der Waals surface area contributed by atoms with Gasteiger partial charge in [-0.1, -0.05) is 6.07 Å². The van der Waals surface area contributed by atoms with Crippen LogP contribution in [0.3, 0.4) is 0 Å². The van der Waals surface area contributed by atoms with Gasteiger partial charge in [-0.15, -0.1) is 11.8 Å². The van der Waals surface area contributed by atoms with E-state index in [4.69, 9.17) is 0 Å². The summed E-state index contributed by atoms with van der Waals surface area (Å²) in [5, 5.41) is 18.7. The number of carbonyl (C=O) groups is 1. The number of amides is 1. The first kappa shape index (κ1) is 30.2. The van der Waals surface area contributed by atoms with Crippen LogP contribution in [0, 0.1) is 5.92 Å². The fraction of sp³-hybridized carbons (Fsp3) is 0.630. The van der Waals surface area contributed by atoms with Crippen LogP contribution in [0.2, 0.25) is 0 Å². The Morgan fingerprint density at radius 1 is 1.12 bits per heavy atom. The highest BCUT2D eigenvalue weighted by Gasteiger charge is 2.43. The molecule has 3 aliphatic heterocycles. The number of carbonyl (C=O) groups excluding carboxylic acids is 1. The van der Waals surface area contributed by atoms with Gasteiger partial charge in [0.2, 0.25) is 5.91 Å². The number of hydrogen-bond acceptors (Lipinski definition) is 6. The molecular formula is C27H33F6N5O2S. The standard InChI is InChI=1S/C27H33F6N5O2S/c28-26(29,30)18-6-10-36(13-18)14-19(39)15-38-22-5-7-34-12-20(22)25(35-38)17-3-4-21(27(31,32)33)23(11-17)41-16-24(40)37-8-1-2-9-37/h3-4,11,18-19,34,39H,1-2,5-10,12-16H2/t18-,19?/m0/s1. The summed E-state index contributed by atoms with van der Waals surface area (Å²) >= 11 is 0.865. The summed E-state index contributed by atoms with van der Waals surface area (Å²) in [7, 11) is 0. The molecule has 0 saturated carbocycles. The average molecular weight is 606 g/mol. The predicted octanol–water partition coefficient (Wildman–Crippen LogP) is 4.17. The Morgan fingerprint density at radius 3 is 2.56 bits per heavy atom. The van der Waals surface area contributed by atoms with Crippen LogP contribution in [0.1, 0.15) is 36.1 Å². The van der Waals surface area contributed by atoms with E-state index < -0.39 is 29.9 Å². The second kappa shape index (κ2) is 12.1. The number of benzene rings is 1. The molecule has 2 atom stereocenters. The summed E-state index contributed by atoms with van der Waals surface area (Å²) < 4.78 is 82.4. The fourth-order valence-electron chi connectivity index (χ4n) is 5.84. The molecule has 2 fully saturated rings. The number of rotatable bonds is 8. The smallest absolute Gasteiger partial charge is 0.390 e. The molecule has 5 rings (SSSR count). The molecule has 1 unspecified atom stereocenters. The minimum Gasteiger partial charge on any atom is -0.390 e. The molecule has 0 radical (unpaired) electrons. The Hall–Kier alpha value is -2.29. The normalized spacial score (nSPS) is 21.0. The number of nitrogens with zero attached hydrogens (tertiary/aromatic N) is 4. The number of β-amino-alcohol motifs (C(OH)–C–C–N with tert-alkyl or cyclic N) is 1. The molecule has 2 aromatic rings. The van der Waals surface area contributed by atoms with E-state index in [1.807, 2.05) is 0 Å². The third kappa shape index (κ3) is 7.03. The van der Waals surface area contributed by atoms with E-state index in [0.717, 1.165) is 41.9 Å². The van der Waals surface area contributed by atoms with Gasteiger partial charge in [-0.2, -0.15) is 31.4 Å². The summed E-state index contributed by atoms with van der Waals surface area (Å²) in [5.74, 6) is -1.69. The number of aliphatic hydroxyl groups is 1. The lowest BCUT2D eigenvalue weighted by Gasteiger charge is -2.22. The van der Waals surface area contributed by atoms with Crippen LogP contribution in [0.25, 0.3) is 11.3 Å². The molecule has 7 nitrogen and oxygen atoms in total. The molecule has 2 saturated heterocycles. The van der Waals surface area contributed by atoms with Crippen LogP contribution < -0.4 is 5.32 Å². The van der Waals surface area contributed by atoms with Crippen molar-refractivity contribution in [1.82, 2.24) is 24.9 Å². The van der Waals surface area contributed by atoms with Gasteiger partial charge in [-0.3, -0.25) is 9.48 Å².